The first-order valence-electron chi connectivity index (χ1n) is 8.50. The van der Waals surface area contributed by atoms with Gasteiger partial charge in [0, 0.05) is 11.6 Å². The van der Waals surface area contributed by atoms with Gasteiger partial charge in [-0.1, -0.05) is 29.4 Å². The molecule has 6 nitrogen and oxygen atoms in total. The minimum absolute atomic E-state index is 0.132. The summed E-state index contributed by atoms with van der Waals surface area (Å²) in [4.78, 5) is 12.5. The first-order valence-corrected chi connectivity index (χ1v) is 8.50. The van der Waals surface area contributed by atoms with E-state index in [1.165, 1.54) is 11.1 Å². The number of carbonyl (C=O) groups is 1. The third kappa shape index (κ3) is 2.84. The topological polar surface area (TPSA) is 73.0 Å². The maximum Gasteiger partial charge on any atom is 0.279 e. The van der Waals surface area contributed by atoms with E-state index in [4.69, 9.17) is 4.52 Å². The van der Waals surface area contributed by atoms with Crippen LogP contribution in [-0.4, -0.2) is 20.8 Å². The molecule has 3 aromatic rings. The van der Waals surface area contributed by atoms with Gasteiger partial charge in [-0.2, -0.15) is 5.10 Å². The summed E-state index contributed by atoms with van der Waals surface area (Å²) < 4.78 is 6.92. The van der Waals surface area contributed by atoms with Crippen molar-refractivity contribution in [1.29, 1.82) is 0 Å². The summed E-state index contributed by atoms with van der Waals surface area (Å²) in [6.07, 6.45) is 4.99. The lowest BCUT2D eigenvalue weighted by atomic mass is 9.88. The van der Waals surface area contributed by atoms with Crippen LogP contribution in [0.2, 0.25) is 0 Å². The van der Waals surface area contributed by atoms with Crippen molar-refractivity contribution >= 4 is 11.7 Å². The van der Waals surface area contributed by atoms with Gasteiger partial charge in [-0.15, -0.1) is 0 Å². The molecular formula is C19H20N4O2. The van der Waals surface area contributed by atoms with E-state index in [0.717, 1.165) is 24.8 Å². The van der Waals surface area contributed by atoms with Gasteiger partial charge in [0.05, 0.1) is 12.2 Å². The van der Waals surface area contributed by atoms with Crippen LogP contribution in [0.4, 0.5) is 5.82 Å². The van der Waals surface area contributed by atoms with Gasteiger partial charge < -0.3 is 9.84 Å². The number of rotatable bonds is 3. The Labute approximate surface area is 145 Å². The number of hydrogen-bond acceptors (Lipinski definition) is 4. The second-order valence-electron chi connectivity index (χ2n) is 6.50. The van der Waals surface area contributed by atoms with Gasteiger partial charge in [0.2, 0.25) is 0 Å². The fourth-order valence-corrected chi connectivity index (χ4v) is 3.47. The molecule has 0 saturated carbocycles. The lowest BCUT2D eigenvalue weighted by molar-refractivity contribution is 0.101. The van der Waals surface area contributed by atoms with Gasteiger partial charge in [0.25, 0.3) is 5.91 Å². The van der Waals surface area contributed by atoms with Crippen LogP contribution in [-0.2, 0) is 6.42 Å². The Morgan fingerprint density at radius 3 is 2.96 bits per heavy atom. The molecule has 0 fully saturated rings. The van der Waals surface area contributed by atoms with Crippen molar-refractivity contribution in [2.75, 3.05) is 5.32 Å². The summed E-state index contributed by atoms with van der Waals surface area (Å²) in [6, 6.07) is 10.2. The summed E-state index contributed by atoms with van der Waals surface area (Å²) in [7, 11) is 0. The number of nitrogens with zero attached hydrogens (tertiary/aromatic N) is 3. The molecule has 1 atom stereocenters. The predicted molar refractivity (Wildman–Crippen MR) is 93.7 cm³/mol. The number of anilines is 1. The molecule has 6 heteroatoms. The molecule has 0 saturated heterocycles. The molecular weight excluding hydrogens is 316 g/mol. The summed E-state index contributed by atoms with van der Waals surface area (Å²) >= 11 is 0. The number of nitrogens with one attached hydrogen (secondary N) is 1. The standard InChI is InChI=1S/C19H20N4O2/c1-12-11-20-23(17-9-5-7-14-6-3-4-8-15(14)17)18(12)21-19(24)16-10-13(2)25-22-16/h3-4,6,8,10-11,17H,5,7,9H2,1-2H3,(H,21,24). The summed E-state index contributed by atoms with van der Waals surface area (Å²) in [5, 5.41) is 11.3. The highest BCUT2D eigenvalue weighted by molar-refractivity contribution is 6.02. The van der Waals surface area contributed by atoms with Crippen molar-refractivity contribution in [1.82, 2.24) is 14.9 Å². The van der Waals surface area contributed by atoms with Crippen molar-refractivity contribution in [3.63, 3.8) is 0 Å². The Bertz CT molecular complexity index is 925. The second kappa shape index (κ2) is 6.20. The molecule has 1 unspecified atom stereocenters. The quantitative estimate of drug-likeness (QED) is 0.792. The molecule has 0 radical (unpaired) electrons. The largest absolute Gasteiger partial charge is 0.361 e. The zero-order chi connectivity index (χ0) is 17.4. The zero-order valence-electron chi connectivity index (χ0n) is 14.3. The van der Waals surface area contributed by atoms with E-state index < -0.39 is 0 Å². The van der Waals surface area contributed by atoms with Crippen molar-refractivity contribution in [3.8, 4) is 0 Å². The smallest absolute Gasteiger partial charge is 0.279 e. The maximum atomic E-state index is 12.5. The van der Waals surface area contributed by atoms with E-state index in [-0.39, 0.29) is 17.6 Å². The summed E-state index contributed by atoms with van der Waals surface area (Å²) in [5.41, 5.74) is 3.84. The number of aryl methyl sites for hydroxylation is 3. The van der Waals surface area contributed by atoms with E-state index in [1.807, 2.05) is 11.6 Å². The Morgan fingerprint density at radius 1 is 1.32 bits per heavy atom. The molecule has 4 rings (SSSR count). The van der Waals surface area contributed by atoms with Gasteiger partial charge in [-0.3, -0.25) is 4.79 Å². The highest BCUT2D eigenvalue weighted by Gasteiger charge is 2.25. The van der Waals surface area contributed by atoms with Crippen LogP contribution in [0.25, 0.3) is 0 Å². The van der Waals surface area contributed by atoms with Crippen LogP contribution in [0.1, 0.15) is 51.8 Å². The SMILES string of the molecule is Cc1cc(C(=O)Nc2c(C)cnn2C2CCCc3ccccc32)no1. The van der Waals surface area contributed by atoms with E-state index >= 15 is 0 Å². The Kier molecular flexibility index (Phi) is 3.87. The molecule has 0 aliphatic heterocycles. The van der Waals surface area contributed by atoms with Gasteiger partial charge in [-0.25, -0.2) is 4.68 Å². The highest BCUT2D eigenvalue weighted by atomic mass is 16.5. The van der Waals surface area contributed by atoms with Crippen molar-refractivity contribution in [2.45, 2.75) is 39.2 Å². The third-order valence-corrected chi connectivity index (χ3v) is 4.70. The van der Waals surface area contributed by atoms with Crippen molar-refractivity contribution < 1.29 is 9.32 Å². The fraction of sp³-hybridized carbons (Fsp3) is 0.316. The molecule has 1 aromatic carbocycles. The van der Waals surface area contributed by atoms with Crippen LogP contribution >= 0.6 is 0 Å². The number of carbonyl (C=O) groups excluding carboxylic acids is 1. The summed E-state index contributed by atoms with van der Waals surface area (Å²) in [5.74, 6) is 1.04. The Balaban J connectivity index is 1.68. The molecule has 1 N–H and O–H groups in total. The van der Waals surface area contributed by atoms with E-state index in [0.29, 0.717) is 11.6 Å². The average molecular weight is 336 g/mol. The van der Waals surface area contributed by atoms with Gasteiger partial charge in [0.15, 0.2) is 5.69 Å². The Morgan fingerprint density at radius 2 is 2.16 bits per heavy atom. The minimum atomic E-state index is -0.286. The van der Waals surface area contributed by atoms with E-state index in [2.05, 4.69) is 39.8 Å². The fourth-order valence-electron chi connectivity index (χ4n) is 3.47. The molecule has 1 amide bonds. The molecule has 0 spiro atoms. The first-order chi connectivity index (χ1) is 12.1. The first kappa shape index (κ1) is 15.6. The second-order valence-corrected chi connectivity index (χ2v) is 6.50. The predicted octanol–water partition coefficient (Wildman–Crippen LogP) is 3.67. The average Bonchev–Trinajstić information content (AvgIpc) is 3.21. The zero-order valence-corrected chi connectivity index (χ0v) is 14.3. The Hall–Kier alpha value is -2.89. The number of benzene rings is 1. The van der Waals surface area contributed by atoms with Crippen LogP contribution in [0, 0.1) is 13.8 Å². The monoisotopic (exact) mass is 336 g/mol. The molecule has 1 aliphatic carbocycles. The lowest BCUT2D eigenvalue weighted by Crippen LogP contribution is -2.22. The van der Waals surface area contributed by atoms with Gasteiger partial charge >= 0.3 is 0 Å². The number of amides is 1. The number of aromatic nitrogens is 3. The highest BCUT2D eigenvalue weighted by Crippen LogP contribution is 2.35. The van der Waals surface area contributed by atoms with Crippen LogP contribution in [0.3, 0.4) is 0 Å². The van der Waals surface area contributed by atoms with Gasteiger partial charge in [0.1, 0.15) is 11.6 Å². The van der Waals surface area contributed by atoms with Crippen molar-refractivity contribution in [3.05, 3.63) is 64.7 Å². The van der Waals surface area contributed by atoms with Crippen LogP contribution in [0.5, 0.6) is 0 Å². The van der Waals surface area contributed by atoms with Crippen LogP contribution in [0.15, 0.2) is 41.1 Å². The van der Waals surface area contributed by atoms with Crippen LogP contribution < -0.4 is 5.32 Å². The summed E-state index contributed by atoms with van der Waals surface area (Å²) in [6.45, 7) is 3.71. The molecule has 0 bridgehead atoms. The number of hydrogen-bond donors (Lipinski definition) is 1. The number of fused-ring (bicyclic) bond motifs is 1. The lowest BCUT2D eigenvalue weighted by Gasteiger charge is -2.27. The minimum Gasteiger partial charge on any atom is -0.361 e. The third-order valence-electron chi connectivity index (χ3n) is 4.70. The molecule has 1 aliphatic rings. The van der Waals surface area contributed by atoms with Gasteiger partial charge in [-0.05, 0) is 44.2 Å². The molecule has 128 valence electrons. The molecule has 2 aromatic heterocycles. The maximum absolute atomic E-state index is 12.5. The molecule has 2 heterocycles. The van der Waals surface area contributed by atoms with E-state index in [1.54, 1.807) is 19.2 Å². The van der Waals surface area contributed by atoms with Crippen molar-refractivity contribution in [2.24, 2.45) is 0 Å². The van der Waals surface area contributed by atoms with E-state index in [9.17, 15) is 4.79 Å². The normalized spacial score (nSPS) is 16.5. The molecule has 25 heavy (non-hydrogen) atoms.